The number of halogens is 2. The molecule has 0 aromatic heterocycles. The van der Waals surface area contributed by atoms with Crippen molar-refractivity contribution in [1.29, 1.82) is 0 Å². The summed E-state index contributed by atoms with van der Waals surface area (Å²) in [5.74, 6) is -0.137. The van der Waals surface area contributed by atoms with Crippen LogP contribution in [0.3, 0.4) is 0 Å². The summed E-state index contributed by atoms with van der Waals surface area (Å²) in [4.78, 5) is 12.2. The molecular weight excluding hydrogens is 316 g/mol. The quantitative estimate of drug-likeness (QED) is 0.868. The van der Waals surface area contributed by atoms with E-state index in [9.17, 15) is 4.79 Å². The number of hydrogen-bond donors (Lipinski definition) is 2. The Morgan fingerprint density at radius 1 is 1.33 bits per heavy atom. The predicted octanol–water partition coefficient (Wildman–Crippen LogP) is 3.70. The average Bonchev–Trinajstić information content (AvgIpc) is 2.35. The van der Waals surface area contributed by atoms with E-state index in [0.29, 0.717) is 10.7 Å². The molecule has 0 heterocycles. The first-order valence-electron chi connectivity index (χ1n) is 6.07. The number of nitrogens with two attached hydrogens (primary N) is 1. The lowest BCUT2D eigenvalue weighted by Crippen LogP contribution is -2.52. The Bertz CT molecular complexity index is 458. The fraction of sp³-hybridized carbons (Fsp3) is 0.462. The van der Waals surface area contributed by atoms with Gasteiger partial charge < -0.3 is 11.1 Å². The number of carbonyl (C=O) groups is 1. The zero-order valence-corrected chi connectivity index (χ0v) is 12.4. The van der Waals surface area contributed by atoms with Gasteiger partial charge in [-0.15, -0.1) is 0 Å². The first kappa shape index (κ1) is 13.8. The summed E-state index contributed by atoms with van der Waals surface area (Å²) in [6.45, 7) is 0. The first-order valence-corrected chi connectivity index (χ1v) is 7.24. The maximum absolute atomic E-state index is 12.2. The van der Waals surface area contributed by atoms with Gasteiger partial charge in [0.1, 0.15) is 0 Å². The zero-order valence-electron chi connectivity index (χ0n) is 10.0. The number of carbonyl (C=O) groups excluding carboxylic acids is 1. The van der Waals surface area contributed by atoms with Crippen molar-refractivity contribution in [3.05, 3.63) is 27.7 Å². The molecule has 1 amide bonds. The summed E-state index contributed by atoms with van der Waals surface area (Å²) in [5, 5.41) is 3.35. The highest BCUT2D eigenvalue weighted by molar-refractivity contribution is 9.10. The van der Waals surface area contributed by atoms with Gasteiger partial charge in [-0.05, 0) is 31.0 Å². The summed E-state index contributed by atoms with van der Waals surface area (Å²) in [6, 6.07) is 5.36. The Kier molecular flexibility index (Phi) is 4.30. The van der Waals surface area contributed by atoms with Crippen LogP contribution in [0.4, 0.5) is 5.69 Å². The molecule has 0 radical (unpaired) electrons. The molecule has 1 aliphatic carbocycles. The van der Waals surface area contributed by atoms with Crippen LogP contribution >= 0.6 is 27.5 Å². The minimum absolute atomic E-state index is 0.137. The molecule has 0 saturated heterocycles. The van der Waals surface area contributed by atoms with Gasteiger partial charge in [0.15, 0.2) is 0 Å². The Morgan fingerprint density at radius 2 is 2.00 bits per heavy atom. The van der Waals surface area contributed by atoms with E-state index in [1.165, 1.54) is 0 Å². The lowest BCUT2D eigenvalue weighted by molar-refractivity contribution is -0.122. The van der Waals surface area contributed by atoms with Crippen molar-refractivity contribution in [3.8, 4) is 0 Å². The molecule has 1 fully saturated rings. The number of nitrogens with one attached hydrogen (secondary N) is 1. The van der Waals surface area contributed by atoms with Gasteiger partial charge in [0.25, 0.3) is 0 Å². The van der Waals surface area contributed by atoms with E-state index in [1.807, 2.05) is 6.07 Å². The van der Waals surface area contributed by atoms with Crippen LogP contribution in [0.1, 0.15) is 32.1 Å². The third-order valence-corrected chi connectivity index (χ3v) is 4.20. The molecule has 98 valence electrons. The van der Waals surface area contributed by atoms with Crippen molar-refractivity contribution in [2.45, 2.75) is 37.6 Å². The topological polar surface area (TPSA) is 55.1 Å². The van der Waals surface area contributed by atoms with E-state index in [1.54, 1.807) is 12.1 Å². The van der Waals surface area contributed by atoms with Crippen LogP contribution in [0.25, 0.3) is 0 Å². The molecule has 2 rings (SSSR count). The van der Waals surface area contributed by atoms with Crippen LogP contribution in [0.5, 0.6) is 0 Å². The van der Waals surface area contributed by atoms with Gasteiger partial charge in [0.05, 0.1) is 16.2 Å². The molecule has 0 unspecified atom stereocenters. The summed E-state index contributed by atoms with van der Waals surface area (Å²) in [6.07, 6.45) is 4.66. The summed E-state index contributed by atoms with van der Waals surface area (Å²) in [5.41, 5.74) is 6.03. The SMILES string of the molecule is NC1(C(=O)Nc2cc(Br)ccc2Cl)CCCCC1. The summed E-state index contributed by atoms with van der Waals surface area (Å²) >= 11 is 9.40. The Balaban J connectivity index is 2.13. The molecular formula is C13H16BrClN2O. The lowest BCUT2D eigenvalue weighted by Gasteiger charge is -2.31. The van der Waals surface area contributed by atoms with Gasteiger partial charge in [-0.25, -0.2) is 0 Å². The summed E-state index contributed by atoms with van der Waals surface area (Å²) < 4.78 is 0.872. The zero-order chi connectivity index (χ0) is 13.2. The van der Waals surface area contributed by atoms with Crippen molar-refractivity contribution in [1.82, 2.24) is 0 Å². The molecule has 1 aromatic carbocycles. The third-order valence-electron chi connectivity index (χ3n) is 3.37. The van der Waals surface area contributed by atoms with E-state index in [4.69, 9.17) is 17.3 Å². The Morgan fingerprint density at radius 3 is 2.67 bits per heavy atom. The molecule has 18 heavy (non-hydrogen) atoms. The standard InChI is InChI=1S/C13H16BrClN2O/c14-9-4-5-10(15)11(8-9)17-12(18)13(16)6-2-1-3-7-13/h4-5,8H,1-3,6-7,16H2,(H,17,18). The lowest BCUT2D eigenvalue weighted by atomic mass is 9.82. The summed E-state index contributed by atoms with van der Waals surface area (Å²) in [7, 11) is 0. The third kappa shape index (κ3) is 3.05. The van der Waals surface area contributed by atoms with Crippen LogP contribution in [-0.4, -0.2) is 11.4 Å². The maximum Gasteiger partial charge on any atom is 0.244 e. The van der Waals surface area contributed by atoms with Gasteiger partial charge >= 0.3 is 0 Å². The van der Waals surface area contributed by atoms with Gasteiger partial charge in [0, 0.05) is 4.47 Å². The van der Waals surface area contributed by atoms with E-state index >= 15 is 0 Å². The molecule has 3 nitrogen and oxygen atoms in total. The molecule has 0 aliphatic heterocycles. The average molecular weight is 332 g/mol. The van der Waals surface area contributed by atoms with E-state index in [-0.39, 0.29) is 5.91 Å². The van der Waals surface area contributed by atoms with Gasteiger partial charge in [-0.3, -0.25) is 4.79 Å². The minimum atomic E-state index is -0.746. The molecule has 5 heteroatoms. The van der Waals surface area contributed by atoms with E-state index < -0.39 is 5.54 Å². The van der Waals surface area contributed by atoms with E-state index in [2.05, 4.69) is 21.2 Å². The molecule has 1 aromatic rings. The maximum atomic E-state index is 12.2. The van der Waals surface area contributed by atoms with Crippen molar-refractivity contribution in [3.63, 3.8) is 0 Å². The monoisotopic (exact) mass is 330 g/mol. The van der Waals surface area contributed by atoms with Crippen LogP contribution < -0.4 is 11.1 Å². The normalized spacial score (nSPS) is 18.4. The largest absolute Gasteiger partial charge is 0.323 e. The number of benzene rings is 1. The molecule has 1 aliphatic rings. The second-order valence-corrected chi connectivity index (χ2v) is 6.12. The van der Waals surface area contributed by atoms with Gasteiger partial charge in [-0.2, -0.15) is 0 Å². The molecule has 0 spiro atoms. The fourth-order valence-electron chi connectivity index (χ4n) is 2.25. The minimum Gasteiger partial charge on any atom is -0.323 e. The van der Waals surface area contributed by atoms with Crippen molar-refractivity contribution >= 4 is 39.1 Å². The van der Waals surface area contributed by atoms with E-state index in [0.717, 1.165) is 36.6 Å². The van der Waals surface area contributed by atoms with Gasteiger partial charge in [-0.1, -0.05) is 46.8 Å². The Hall–Kier alpha value is -0.580. The Labute approximate surface area is 120 Å². The molecule has 0 atom stereocenters. The number of anilines is 1. The smallest absolute Gasteiger partial charge is 0.244 e. The van der Waals surface area contributed by atoms with Crippen LogP contribution in [0.15, 0.2) is 22.7 Å². The number of amides is 1. The predicted molar refractivity (Wildman–Crippen MR) is 77.8 cm³/mol. The van der Waals surface area contributed by atoms with Crippen molar-refractivity contribution in [2.75, 3.05) is 5.32 Å². The highest BCUT2D eigenvalue weighted by atomic mass is 79.9. The molecule has 3 N–H and O–H groups in total. The number of hydrogen-bond acceptors (Lipinski definition) is 2. The second-order valence-electron chi connectivity index (χ2n) is 4.80. The highest BCUT2D eigenvalue weighted by Gasteiger charge is 2.35. The van der Waals surface area contributed by atoms with Crippen molar-refractivity contribution in [2.24, 2.45) is 5.73 Å². The second kappa shape index (κ2) is 5.59. The van der Waals surface area contributed by atoms with Crippen LogP contribution in [0.2, 0.25) is 5.02 Å². The van der Waals surface area contributed by atoms with Crippen molar-refractivity contribution < 1.29 is 4.79 Å². The van der Waals surface area contributed by atoms with Gasteiger partial charge in [0.2, 0.25) is 5.91 Å². The first-order chi connectivity index (χ1) is 8.51. The highest BCUT2D eigenvalue weighted by Crippen LogP contribution is 2.30. The van der Waals surface area contributed by atoms with Crippen LogP contribution in [0, 0.1) is 0 Å². The van der Waals surface area contributed by atoms with Crippen LogP contribution in [-0.2, 0) is 4.79 Å². The number of rotatable bonds is 2. The fourth-order valence-corrected chi connectivity index (χ4v) is 2.78. The molecule has 0 bridgehead atoms. The molecule has 1 saturated carbocycles.